The van der Waals surface area contributed by atoms with E-state index in [1.807, 2.05) is 47.0 Å². The Hall–Kier alpha value is -3.19. The van der Waals surface area contributed by atoms with Gasteiger partial charge in [0, 0.05) is 4.47 Å². The van der Waals surface area contributed by atoms with E-state index in [4.69, 9.17) is 4.74 Å². The third-order valence-corrected chi connectivity index (χ3v) is 4.44. The van der Waals surface area contributed by atoms with E-state index in [0.29, 0.717) is 11.4 Å². The number of nitrogens with one attached hydrogen (secondary N) is 1. The Morgan fingerprint density at radius 1 is 1.04 bits per heavy atom. The molecule has 4 rings (SSSR count). The topological polar surface area (TPSA) is 69.0 Å². The molecule has 1 amide bonds. The van der Waals surface area contributed by atoms with Gasteiger partial charge in [-0.05, 0) is 48.5 Å². The van der Waals surface area contributed by atoms with Gasteiger partial charge in [0.15, 0.2) is 6.61 Å². The van der Waals surface area contributed by atoms with Crippen molar-refractivity contribution >= 4 is 38.6 Å². The molecule has 0 saturated carbocycles. The lowest BCUT2D eigenvalue weighted by Gasteiger charge is -2.08. The highest BCUT2D eigenvalue weighted by Crippen LogP contribution is 2.18. The number of carbonyl (C=O) groups excluding carboxylic acids is 1. The van der Waals surface area contributed by atoms with Crippen molar-refractivity contribution < 1.29 is 9.53 Å². The van der Waals surface area contributed by atoms with Crippen LogP contribution in [0.2, 0.25) is 0 Å². The molecular weight excluding hydrogens is 408 g/mol. The third-order valence-electron chi connectivity index (χ3n) is 3.92. The number of nitrogens with zero attached hydrogens (tertiary/aromatic N) is 3. The summed E-state index contributed by atoms with van der Waals surface area (Å²) in [6, 6.07) is 18.8. The minimum absolute atomic E-state index is 0.0739. The molecule has 0 aliphatic rings. The average molecular weight is 423 g/mol. The Morgan fingerprint density at radius 3 is 2.63 bits per heavy atom. The van der Waals surface area contributed by atoms with Gasteiger partial charge in [-0.25, -0.2) is 9.97 Å². The number of aromatic nitrogens is 3. The quantitative estimate of drug-likeness (QED) is 0.523. The number of carbonyl (C=O) groups is 1. The smallest absolute Gasteiger partial charge is 0.262 e. The van der Waals surface area contributed by atoms with Gasteiger partial charge < -0.3 is 10.1 Å². The fraction of sp³-hybridized carbons (Fsp3) is 0.0500. The lowest BCUT2D eigenvalue weighted by molar-refractivity contribution is -0.118. The molecule has 2 aromatic carbocycles. The summed E-state index contributed by atoms with van der Waals surface area (Å²) < 4.78 is 8.32. The van der Waals surface area contributed by atoms with Crippen molar-refractivity contribution in [3.63, 3.8) is 0 Å². The standard InChI is InChI=1S/C20H15BrN4O2/c21-14-5-8-16(9-6-14)27-12-20(26)24-15-7-10-19(22-11-15)25-13-23-17-3-1-2-4-18(17)25/h1-11,13H,12H2,(H,24,26). The summed E-state index contributed by atoms with van der Waals surface area (Å²) in [5.41, 5.74) is 2.49. The zero-order chi connectivity index (χ0) is 18.6. The molecule has 27 heavy (non-hydrogen) atoms. The van der Waals surface area contributed by atoms with Crippen molar-refractivity contribution in [1.82, 2.24) is 14.5 Å². The molecule has 6 nitrogen and oxygen atoms in total. The van der Waals surface area contributed by atoms with Crippen LogP contribution >= 0.6 is 15.9 Å². The van der Waals surface area contributed by atoms with Crippen molar-refractivity contribution in [2.45, 2.75) is 0 Å². The Labute approximate surface area is 164 Å². The van der Waals surface area contributed by atoms with Crippen molar-refractivity contribution in [1.29, 1.82) is 0 Å². The number of benzene rings is 2. The fourth-order valence-corrected chi connectivity index (χ4v) is 2.89. The van der Waals surface area contributed by atoms with E-state index in [1.54, 1.807) is 30.7 Å². The summed E-state index contributed by atoms with van der Waals surface area (Å²) in [5.74, 6) is 1.11. The van der Waals surface area contributed by atoms with Gasteiger partial charge in [0.25, 0.3) is 5.91 Å². The van der Waals surface area contributed by atoms with Gasteiger partial charge in [-0.2, -0.15) is 0 Å². The Bertz CT molecular complexity index is 1080. The maximum absolute atomic E-state index is 12.1. The number of rotatable bonds is 5. The van der Waals surface area contributed by atoms with E-state index in [0.717, 1.165) is 21.3 Å². The summed E-state index contributed by atoms with van der Waals surface area (Å²) in [7, 11) is 0. The Kier molecular flexibility index (Phi) is 4.84. The molecular formula is C20H15BrN4O2. The largest absolute Gasteiger partial charge is 0.484 e. The number of hydrogen-bond acceptors (Lipinski definition) is 4. The first-order valence-electron chi connectivity index (χ1n) is 8.26. The van der Waals surface area contributed by atoms with E-state index in [9.17, 15) is 4.79 Å². The molecule has 0 unspecified atom stereocenters. The number of para-hydroxylation sites is 2. The number of anilines is 1. The first-order valence-corrected chi connectivity index (χ1v) is 9.05. The molecule has 0 fully saturated rings. The number of pyridine rings is 1. The minimum atomic E-state index is -0.249. The van der Waals surface area contributed by atoms with Crippen molar-refractivity contribution in [2.24, 2.45) is 0 Å². The monoisotopic (exact) mass is 422 g/mol. The summed E-state index contributed by atoms with van der Waals surface area (Å²) in [6.07, 6.45) is 3.35. The first kappa shape index (κ1) is 17.2. The fourth-order valence-electron chi connectivity index (χ4n) is 2.62. The zero-order valence-electron chi connectivity index (χ0n) is 14.2. The minimum Gasteiger partial charge on any atom is -0.484 e. The molecule has 134 valence electrons. The van der Waals surface area contributed by atoms with E-state index < -0.39 is 0 Å². The van der Waals surface area contributed by atoms with Crippen LogP contribution in [-0.2, 0) is 4.79 Å². The van der Waals surface area contributed by atoms with Crippen LogP contribution in [-0.4, -0.2) is 27.0 Å². The predicted molar refractivity (Wildman–Crippen MR) is 107 cm³/mol. The molecule has 0 bridgehead atoms. The maximum Gasteiger partial charge on any atom is 0.262 e. The van der Waals surface area contributed by atoms with Crippen LogP contribution in [0.5, 0.6) is 5.75 Å². The van der Waals surface area contributed by atoms with Gasteiger partial charge in [0.05, 0.1) is 22.9 Å². The predicted octanol–water partition coefficient (Wildman–Crippen LogP) is 4.20. The zero-order valence-corrected chi connectivity index (χ0v) is 15.8. The molecule has 4 aromatic rings. The second-order valence-electron chi connectivity index (χ2n) is 5.80. The summed E-state index contributed by atoms with van der Waals surface area (Å²) in [5, 5.41) is 2.77. The van der Waals surface area contributed by atoms with E-state index >= 15 is 0 Å². The normalized spacial score (nSPS) is 10.7. The van der Waals surface area contributed by atoms with Gasteiger partial charge in [-0.15, -0.1) is 0 Å². The molecule has 7 heteroatoms. The van der Waals surface area contributed by atoms with Gasteiger partial charge in [-0.3, -0.25) is 9.36 Å². The lowest BCUT2D eigenvalue weighted by Crippen LogP contribution is -2.20. The summed E-state index contributed by atoms with van der Waals surface area (Å²) >= 11 is 3.36. The van der Waals surface area contributed by atoms with Gasteiger partial charge in [0.2, 0.25) is 0 Å². The van der Waals surface area contributed by atoms with Gasteiger partial charge in [0.1, 0.15) is 17.9 Å². The Morgan fingerprint density at radius 2 is 1.85 bits per heavy atom. The van der Waals surface area contributed by atoms with Crippen LogP contribution in [0, 0.1) is 0 Å². The first-order chi connectivity index (χ1) is 13.2. The summed E-state index contributed by atoms with van der Waals surface area (Å²) in [4.78, 5) is 20.8. The number of amides is 1. The molecule has 0 atom stereocenters. The van der Waals surface area contributed by atoms with Crippen LogP contribution in [0.4, 0.5) is 5.69 Å². The highest BCUT2D eigenvalue weighted by atomic mass is 79.9. The van der Waals surface area contributed by atoms with E-state index in [1.165, 1.54) is 0 Å². The molecule has 1 N–H and O–H groups in total. The van der Waals surface area contributed by atoms with Crippen LogP contribution < -0.4 is 10.1 Å². The van der Waals surface area contributed by atoms with Crippen molar-refractivity contribution in [3.8, 4) is 11.6 Å². The number of ether oxygens (including phenoxy) is 1. The van der Waals surface area contributed by atoms with E-state index in [-0.39, 0.29) is 12.5 Å². The molecule has 0 aliphatic carbocycles. The number of imidazole rings is 1. The second kappa shape index (κ2) is 7.59. The second-order valence-corrected chi connectivity index (χ2v) is 6.71. The summed E-state index contributed by atoms with van der Waals surface area (Å²) in [6.45, 7) is -0.0739. The van der Waals surface area contributed by atoms with Gasteiger partial charge >= 0.3 is 0 Å². The maximum atomic E-state index is 12.1. The molecule has 0 saturated heterocycles. The van der Waals surface area contributed by atoms with Crippen LogP contribution in [0.1, 0.15) is 0 Å². The molecule has 2 heterocycles. The lowest BCUT2D eigenvalue weighted by atomic mass is 10.3. The van der Waals surface area contributed by atoms with Crippen molar-refractivity contribution in [3.05, 3.63) is 77.7 Å². The SMILES string of the molecule is O=C(COc1ccc(Br)cc1)Nc1ccc(-n2cnc3ccccc32)nc1. The molecule has 0 spiro atoms. The average Bonchev–Trinajstić information content (AvgIpc) is 3.12. The Balaban J connectivity index is 1.40. The number of fused-ring (bicyclic) bond motifs is 1. The molecule has 2 aromatic heterocycles. The van der Waals surface area contributed by atoms with Crippen LogP contribution in [0.3, 0.4) is 0 Å². The number of halogens is 1. The highest BCUT2D eigenvalue weighted by molar-refractivity contribution is 9.10. The van der Waals surface area contributed by atoms with Gasteiger partial charge in [-0.1, -0.05) is 28.1 Å². The molecule has 0 radical (unpaired) electrons. The van der Waals surface area contributed by atoms with Crippen molar-refractivity contribution in [2.75, 3.05) is 11.9 Å². The molecule has 0 aliphatic heterocycles. The highest BCUT2D eigenvalue weighted by Gasteiger charge is 2.07. The third kappa shape index (κ3) is 3.98. The van der Waals surface area contributed by atoms with Crippen LogP contribution in [0.15, 0.2) is 77.7 Å². The van der Waals surface area contributed by atoms with Crippen LogP contribution in [0.25, 0.3) is 16.9 Å². The van der Waals surface area contributed by atoms with E-state index in [2.05, 4.69) is 31.2 Å². The number of hydrogen-bond donors (Lipinski definition) is 1.